The van der Waals surface area contributed by atoms with Crippen molar-refractivity contribution in [1.82, 2.24) is 5.48 Å². The lowest BCUT2D eigenvalue weighted by Crippen LogP contribution is -2.28. The smallest absolute Gasteiger partial charge is 0.431 e. The molecule has 0 heterocycles. The second-order valence-corrected chi connectivity index (χ2v) is 12.8. The van der Waals surface area contributed by atoms with Crippen molar-refractivity contribution in [2.75, 3.05) is 172 Å². The van der Waals surface area contributed by atoms with E-state index in [1.165, 1.54) is 11.1 Å². The third-order valence-electron chi connectivity index (χ3n) is 8.38. The maximum Gasteiger partial charge on any atom is 0.431 e. The lowest BCUT2D eigenvalue weighted by molar-refractivity contribution is -0.138. The molecule has 0 saturated carbocycles. The number of ether oxygens (including phenoxy) is 13. The van der Waals surface area contributed by atoms with E-state index in [-0.39, 0.29) is 32.2 Å². The van der Waals surface area contributed by atoms with Crippen LogP contribution in [0, 0.1) is 0 Å². The molecule has 0 atom stereocenters. The highest BCUT2D eigenvalue weighted by atomic mass is 16.7. The van der Waals surface area contributed by atoms with Crippen molar-refractivity contribution in [2.24, 2.45) is 0 Å². The van der Waals surface area contributed by atoms with Crippen molar-refractivity contribution in [3.63, 3.8) is 0 Å². The molecule has 2 aromatic rings. The highest BCUT2D eigenvalue weighted by Gasteiger charge is 2.29. The first kappa shape index (κ1) is 51.0. The van der Waals surface area contributed by atoms with Gasteiger partial charge in [0.1, 0.15) is 6.61 Å². The molecular weight excluding hydrogens is 790 g/mol. The van der Waals surface area contributed by atoms with E-state index in [2.05, 4.69) is 29.7 Å². The van der Waals surface area contributed by atoms with Crippen LogP contribution in [0.15, 0.2) is 48.5 Å². The summed E-state index contributed by atoms with van der Waals surface area (Å²) in [5.41, 5.74) is 6.95. The number of carbonyl (C=O) groups excluding carboxylic acids is 1. The molecule has 3 rings (SSSR count). The maximum atomic E-state index is 12.2. The van der Waals surface area contributed by atoms with Crippen LogP contribution in [0.3, 0.4) is 0 Å². The number of amides is 1. The summed E-state index contributed by atoms with van der Waals surface area (Å²) in [5.74, 6) is -0.891. The fourth-order valence-corrected chi connectivity index (χ4v) is 5.52. The van der Waals surface area contributed by atoms with Crippen LogP contribution in [-0.2, 0) is 71.2 Å². The van der Waals surface area contributed by atoms with Crippen LogP contribution in [0.5, 0.6) is 0 Å². The number of fused-ring (bicyclic) bond motifs is 3. The van der Waals surface area contributed by atoms with Gasteiger partial charge in [0.2, 0.25) is 0 Å². The second kappa shape index (κ2) is 36.3. The Hall–Kier alpha value is -3.34. The van der Waals surface area contributed by atoms with Gasteiger partial charge < -0.3 is 66.7 Å². The summed E-state index contributed by atoms with van der Waals surface area (Å²) < 4.78 is 70.6. The monoisotopic (exact) mass is 855 g/mol. The van der Waals surface area contributed by atoms with Crippen LogP contribution in [0.2, 0.25) is 0 Å². The van der Waals surface area contributed by atoms with Gasteiger partial charge in [0.05, 0.1) is 172 Å². The minimum atomic E-state index is -0.879. The van der Waals surface area contributed by atoms with E-state index >= 15 is 0 Å². The molecule has 340 valence electrons. The highest BCUT2D eigenvalue weighted by Crippen LogP contribution is 2.44. The Labute approximate surface area is 353 Å². The molecule has 0 saturated heterocycles. The largest absolute Gasteiger partial charge is 0.481 e. The molecule has 60 heavy (non-hydrogen) atoms. The van der Waals surface area contributed by atoms with Crippen LogP contribution in [0.1, 0.15) is 23.5 Å². The van der Waals surface area contributed by atoms with Crippen LogP contribution >= 0.6 is 0 Å². The maximum absolute atomic E-state index is 12.2. The zero-order chi connectivity index (χ0) is 42.4. The molecule has 0 aliphatic heterocycles. The first-order valence-electron chi connectivity index (χ1n) is 20.5. The second-order valence-electron chi connectivity index (χ2n) is 12.8. The van der Waals surface area contributed by atoms with Crippen molar-refractivity contribution in [3.8, 4) is 11.1 Å². The topological polar surface area (TPSA) is 196 Å². The Balaban J connectivity index is 0.920. The van der Waals surface area contributed by atoms with Gasteiger partial charge in [-0.15, -0.1) is 0 Å². The number of nitrogens with one attached hydrogen (secondary N) is 1. The van der Waals surface area contributed by atoms with Crippen molar-refractivity contribution >= 4 is 12.1 Å². The molecule has 1 amide bonds. The zero-order valence-electron chi connectivity index (χ0n) is 34.8. The quantitative estimate of drug-likeness (QED) is 0.0730. The molecule has 0 bridgehead atoms. The molecule has 2 N–H and O–H groups in total. The summed E-state index contributed by atoms with van der Waals surface area (Å²) in [6.45, 7) is 10.8. The van der Waals surface area contributed by atoms with Gasteiger partial charge in [0.15, 0.2) is 0 Å². The van der Waals surface area contributed by atoms with Crippen LogP contribution in [-0.4, -0.2) is 189 Å². The summed E-state index contributed by atoms with van der Waals surface area (Å²) in [6.07, 6.45) is -0.652. The number of aliphatic carboxylic acids is 1. The van der Waals surface area contributed by atoms with Gasteiger partial charge in [-0.3, -0.25) is 9.63 Å². The van der Waals surface area contributed by atoms with E-state index in [9.17, 15) is 9.59 Å². The predicted octanol–water partition coefficient (Wildman–Crippen LogP) is 3.13. The van der Waals surface area contributed by atoms with Gasteiger partial charge in [0, 0.05) is 5.92 Å². The number of carboxylic acids is 1. The Morgan fingerprint density at radius 2 is 0.700 bits per heavy atom. The minimum absolute atomic E-state index is 0.00889. The number of carboxylic acid groups (broad SMARTS) is 1. The molecule has 2 aromatic carbocycles. The van der Waals surface area contributed by atoms with E-state index in [0.29, 0.717) is 152 Å². The SMILES string of the molecule is O=C(O)CCOCCOCCOCCOCCOCCOCCOCCOCCOCCOCCOCCOCCONC(=O)OCC1c2ccccc2-c2ccccc21. The molecule has 18 heteroatoms. The van der Waals surface area contributed by atoms with Gasteiger partial charge in [-0.2, -0.15) is 5.48 Å². The van der Waals surface area contributed by atoms with Gasteiger partial charge in [-0.1, -0.05) is 48.5 Å². The third kappa shape index (κ3) is 25.4. The minimum Gasteiger partial charge on any atom is -0.481 e. The number of rotatable bonds is 42. The highest BCUT2D eigenvalue weighted by molar-refractivity contribution is 5.79. The Morgan fingerprint density at radius 3 is 1.02 bits per heavy atom. The molecule has 0 radical (unpaired) electrons. The number of hydrogen-bond donors (Lipinski definition) is 2. The average molecular weight is 856 g/mol. The fourth-order valence-electron chi connectivity index (χ4n) is 5.52. The average Bonchev–Trinajstić information content (AvgIpc) is 3.58. The molecule has 0 spiro atoms. The molecule has 18 nitrogen and oxygen atoms in total. The Morgan fingerprint density at radius 1 is 0.417 bits per heavy atom. The number of hydroxylamine groups is 1. The summed E-state index contributed by atoms with van der Waals surface area (Å²) in [4.78, 5) is 27.7. The molecular formula is C42H65NO17. The molecule has 0 aromatic heterocycles. The van der Waals surface area contributed by atoms with Gasteiger partial charge in [0.25, 0.3) is 0 Å². The summed E-state index contributed by atoms with van der Waals surface area (Å²) in [5, 5.41) is 8.51. The van der Waals surface area contributed by atoms with Gasteiger partial charge in [-0.05, 0) is 22.3 Å². The summed E-state index contributed by atoms with van der Waals surface area (Å²) >= 11 is 0. The van der Waals surface area contributed by atoms with Crippen molar-refractivity contribution in [2.45, 2.75) is 12.3 Å². The first-order chi connectivity index (χ1) is 29.7. The van der Waals surface area contributed by atoms with E-state index < -0.39 is 12.1 Å². The number of carbonyl (C=O) groups is 2. The predicted molar refractivity (Wildman–Crippen MR) is 216 cm³/mol. The molecule has 1 aliphatic carbocycles. The van der Waals surface area contributed by atoms with E-state index in [1.807, 2.05) is 24.3 Å². The zero-order valence-corrected chi connectivity index (χ0v) is 34.8. The van der Waals surface area contributed by atoms with Crippen molar-refractivity contribution < 1.29 is 81.1 Å². The fraction of sp³-hybridized carbons (Fsp3) is 0.667. The normalized spacial score (nSPS) is 12.1. The van der Waals surface area contributed by atoms with Gasteiger partial charge >= 0.3 is 12.1 Å². The lowest BCUT2D eigenvalue weighted by Gasteiger charge is -2.14. The molecule has 0 fully saturated rings. The van der Waals surface area contributed by atoms with Crippen LogP contribution in [0.4, 0.5) is 4.79 Å². The summed E-state index contributed by atoms with van der Waals surface area (Å²) in [7, 11) is 0. The van der Waals surface area contributed by atoms with E-state index in [1.54, 1.807) is 0 Å². The van der Waals surface area contributed by atoms with Gasteiger partial charge in [-0.25, -0.2) is 4.79 Å². The molecule has 0 unspecified atom stereocenters. The van der Waals surface area contributed by atoms with Crippen molar-refractivity contribution in [3.05, 3.63) is 59.7 Å². The van der Waals surface area contributed by atoms with E-state index in [4.69, 9.17) is 71.5 Å². The van der Waals surface area contributed by atoms with Crippen LogP contribution < -0.4 is 5.48 Å². The standard InChI is InChI=1S/C42H65NO17/c44-41(45)9-10-47-11-12-48-13-14-49-15-16-50-17-18-51-19-20-52-21-22-53-23-24-54-25-26-55-27-28-56-29-30-57-31-32-58-33-34-60-43-42(46)59-35-40-38-7-3-1-5-36(38)37-6-2-4-8-39(37)40/h1-8,40H,9-35H2,(H,43,46)(H,44,45). The molecule has 1 aliphatic rings. The number of hydrogen-bond acceptors (Lipinski definition) is 16. The Bertz CT molecular complexity index is 1310. The van der Waals surface area contributed by atoms with Crippen LogP contribution in [0.25, 0.3) is 11.1 Å². The summed E-state index contributed by atoms with van der Waals surface area (Å²) in [6, 6.07) is 16.3. The first-order valence-corrected chi connectivity index (χ1v) is 20.5. The lowest BCUT2D eigenvalue weighted by atomic mass is 9.98. The van der Waals surface area contributed by atoms with Crippen molar-refractivity contribution in [1.29, 1.82) is 0 Å². The van der Waals surface area contributed by atoms with E-state index in [0.717, 1.165) is 11.1 Å². The Kier molecular flexibility index (Phi) is 30.9. The number of benzene rings is 2. The third-order valence-corrected chi connectivity index (χ3v) is 8.38.